The molecule has 1 aliphatic rings. The second kappa shape index (κ2) is 4.02. The molecule has 0 heterocycles. The standard InChI is InChI=1S/C9H12F3NO/c1-6-2-4-7(5-3-6)13-8(14)9(10,11)12/h7H,1-5H2,(H,13,14). The SMILES string of the molecule is C=C1CCC(NC(=O)C(F)(F)F)CC1. The number of carbonyl (C=O) groups excluding carboxylic acids is 1. The molecule has 1 N–H and O–H groups in total. The van der Waals surface area contributed by atoms with Crippen molar-refractivity contribution in [1.29, 1.82) is 0 Å². The van der Waals surface area contributed by atoms with E-state index in [0.717, 1.165) is 5.57 Å². The highest BCUT2D eigenvalue weighted by Gasteiger charge is 2.39. The summed E-state index contributed by atoms with van der Waals surface area (Å²) < 4.78 is 35.6. The van der Waals surface area contributed by atoms with E-state index >= 15 is 0 Å². The Bertz CT molecular complexity index is 237. The molecule has 14 heavy (non-hydrogen) atoms. The first-order valence-corrected chi connectivity index (χ1v) is 4.44. The van der Waals surface area contributed by atoms with Crippen molar-refractivity contribution in [3.05, 3.63) is 12.2 Å². The number of allylic oxidation sites excluding steroid dienone is 1. The maximum atomic E-state index is 11.9. The minimum atomic E-state index is -4.77. The summed E-state index contributed by atoms with van der Waals surface area (Å²) in [6.45, 7) is 3.74. The Hall–Kier alpha value is -1.00. The lowest BCUT2D eigenvalue weighted by Crippen LogP contribution is -2.43. The van der Waals surface area contributed by atoms with Crippen LogP contribution in [0.3, 0.4) is 0 Å². The molecule has 0 atom stereocenters. The molecule has 1 saturated carbocycles. The first-order chi connectivity index (χ1) is 6.39. The molecule has 0 saturated heterocycles. The molecular formula is C9H12F3NO. The largest absolute Gasteiger partial charge is 0.471 e. The normalized spacial score (nSPS) is 19.5. The molecule has 1 amide bonds. The van der Waals surface area contributed by atoms with Gasteiger partial charge in [-0.1, -0.05) is 12.2 Å². The number of nitrogens with one attached hydrogen (secondary N) is 1. The van der Waals surface area contributed by atoms with Gasteiger partial charge in [0.15, 0.2) is 0 Å². The fraction of sp³-hybridized carbons (Fsp3) is 0.667. The van der Waals surface area contributed by atoms with E-state index in [0.29, 0.717) is 25.7 Å². The Morgan fingerprint density at radius 2 is 1.86 bits per heavy atom. The van der Waals surface area contributed by atoms with Crippen molar-refractivity contribution in [2.24, 2.45) is 0 Å². The molecule has 0 aromatic rings. The average Bonchev–Trinajstić information content (AvgIpc) is 2.07. The van der Waals surface area contributed by atoms with E-state index in [1.54, 1.807) is 0 Å². The van der Waals surface area contributed by atoms with E-state index in [9.17, 15) is 18.0 Å². The predicted molar refractivity (Wildman–Crippen MR) is 45.6 cm³/mol. The van der Waals surface area contributed by atoms with Crippen LogP contribution in [0.5, 0.6) is 0 Å². The molecule has 0 aromatic heterocycles. The van der Waals surface area contributed by atoms with Crippen LogP contribution in [0.1, 0.15) is 25.7 Å². The van der Waals surface area contributed by atoms with E-state index < -0.39 is 12.1 Å². The molecule has 0 aliphatic heterocycles. The lowest BCUT2D eigenvalue weighted by molar-refractivity contribution is -0.174. The van der Waals surface area contributed by atoms with Gasteiger partial charge in [0.2, 0.25) is 0 Å². The van der Waals surface area contributed by atoms with E-state index in [4.69, 9.17) is 0 Å². The van der Waals surface area contributed by atoms with Gasteiger partial charge >= 0.3 is 12.1 Å². The van der Waals surface area contributed by atoms with Crippen LogP contribution in [0.25, 0.3) is 0 Å². The summed E-state index contributed by atoms with van der Waals surface area (Å²) in [6.07, 6.45) is -2.26. The van der Waals surface area contributed by atoms with Gasteiger partial charge in [0.05, 0.1) is 0 Å². The smallest absolute Gasteiger partial charge is 0.346 e. The van der Waals surface area contributed by atoms with Crippen LogP contribution in [-0.2, 0) is 4.79 Å². The Morgan fingerprint density at radius 1 is 1.36 bits per heavy atom. The van der Waals surface area contributed by atoms with Gasteiger partial charge in [0, 0.05) is 6.04 Å². The predicted octanol–water partition coefficient (Wildman–Crippen LogP) is 2.16. The third-order valence-electron chi connectivity index (χ3n) is 2.29. The van der Waals surface area contributed by atoms with Gasteiger partial charge in [0.25, 0.3) is 0 Å². The summed E-state index contributed by atoms with van der Waals surface area (Å²) in [5, 5.41) is 1.97. The second-order valence-corrected chi connectivity index (χ2v) is 3.50. The third kappa shape index (κ3) is 3.05. The van der Waals surface area contributed by atoms with Crippen LogP contribution in [0.4, 0.5) is 13.2 Å². The van der Waals surface area contributed by atoms with Crippen LogP contribution in [0.2, 0.25) is 0 Å². The van der Waals surface area contributed by atoms with Gasteiger partial charge in [-0.05, 0) is 25.7 Å². The molecular weight excluding hydrogens is 195 g/mol. The topological polar surface area (TPSA) is 29.1 Å². The number of rotatable bonds is 1. The van der Waals surface area contributed by atoms with E-state index in [-0.39, 0.29) is 6.04 Å². The van der Waals surface area contributed by atoms with Gasteiger partial charge in [-0.2, -0.15) is 13.2 Å². The lowest BCUT2D eigenvalue weighted by atomic mass is 9.92. The molecule has 2 nitrogen and oxygen atoms in total. The second-order valence-electron chi connectivity index (χ2n) is 3.50. The third-order valence-corrected chi connectivity index (χ3v) is 2.29. The molecule has 80 valence electrons. The highest BCUT2D eigenvalue weighted by Crippen LogP contribution is 2.23. The number of halogens is 3. The molecule has 1 fully saturated rings. The van der Waals surface area contributed by atoms with Crippen LogP contribution >= 0.6 is 0 Å². The van der Waals surface area contributed by atoms with Crippen molar-refractivity contribution in [1.82, 2.24) is 5.32 Å². The molecule has 0 spiro atoms. The maximum Gasteiger partial charge on any atom is 0.471 e. The summed E-state index contributed by atoms with van der Waals surface area (Å²) in [7, 11) is 0. The van der Waals surface area contributed by atoms with Crippen molar-refractivity contribution >= 4 is 5.91 Å². The van der Waals surface area contributed by atoms with Crippen LogP contribution < -0.4 is 5.32 Å². The van der Waals surface area contributed by atoms with Gasteiger partial charge in [-0.3, -0.25) is 4.79 Å². The van der Waals surface area contributed by atoms with Crippen molar-refractivity contribution < 1.29 is 18.0 Å². The number of amides is 1. The monoisotopic (exact) mass is 207 g/mol. The number of hydrogen-bond acceptors (Lipinski definition) is 1. The van der Waals surface area contributed by atoms with Gasteiger partial charge in [-0.15, -0.1) is 0 Å². The molecule has 0 aromatic carbocycles. The van der Waals surface area contributed by atoms with E-state index in [1.165, 1.54) is 0 Å². The van der Waals surface area contributed by atoms with Gasteiger partial charge in [0.1, 0.15) is 0 Å². The lowest BCUT2D eigenvalue weighted by Gasteiger charge is -2.24. The number of hydrogen-bond donors (Lipinski definition) is 1. The summed E-state index contributed by atoms with van der Waals surface area (Å²) in [5.74, 6) is -1.84. The Kier molecular flexibility index (Phi) is 3.18. The summed E-state index contributed by atoms with van der Waals surface area (Å²) in [6, 6.07) is -0.352. The zero-order valence-corrected chi connectivity index (χ0v) is 7.66. The highest BCUT2D eigenvalue weighted by atomic mass is 19.4. The number of carbonyl (C=O) groups is 1. The van der Waals surface area contributed by atoms with Gasteiger partial charge < -0.3 is 5.32 Å². The highest BCUT2D eigenvalue weighted by molar-refractivity contribution is 5.81. The van der Waals surface area contributed by atoms with Crippen LogP contribution in [0, 0.1) is 0 Å². The van der Waals surface area contributed by atoms with Crippen molar-refractivity contribution in [2.45, 2.75) is 37.9 Å². The van der Waals surface area contributed by atoms with Crippen LogP contribution in [-0.4, -0.2) is 18.1 Å². The van der Waals surface area contributed by atoms with Crippen LogP contribution in [0.15, 0.2) is 12.2 Å². The van der Waals surface area contributed by atoms with Crippen molar-refractivity contribution in [3.8, 4) is 0 Å². The van der Waals surface area contributed by atoms with E-state index in [1.807, 2.05) is 5.32 Å². The Balaban J connectivity index is 2.38. The first-order valence-electron chi connectivity index (χ1n) is 4.44. The average molecular weight is 207 g/mol. The fourth-order valence-corrected chi connectivity index (χ4v) is 1.44. The fourth-order valence-electron chi connectivity index (χ4n) is 1.44. The number of alkyl halides is 3. The van der Waals surface area contributed by atoms with Gasteiger partial charge in [-0.25, -0.2) is 0 Å². The zero-order chi connectivity index (χ0) is 10.8. The molecule has 5 heteroatoms. The maximum absolute atomic E-state index is 11.9. The summed E-state index contributed by atoms with van der Waals surface area (Å²) in [5.41, 5.74) is 1.04. The van der Waals surface area contributed by atoms with Crippen molar-refractivity contribution in [2.75, 3.05) is 0 Å². The molecule has 1 rings (SSSR count). The first kappa shape index (κ1) is 11.1. The molecule has 0 radical (unpaired) electrons. The molecule has 0 bridgehead atoms. The quantitative estimate of drug-likeness (QED) is 0.656. The molecule has 0 unspecified atom stereocenters. The van der Waals surface area contributed by atoms with E-state index in [2.05, 4.69) is 6.58 Å². The van der Waals surface area contributed by atoms with Crippen molar-refractivity contribution in [3.63, 3.8) is 0 Å². The minimum Gasteiger partial charge on any atom is -0.346 e. The Labute approximate surface area is 80.2 Å². The minimum absolute atomic E-state index is 0.352. The zero-order valence-electron chi connectivity index (χ0n) is 7.66. The summed E-state index contributed by atoms with van der Waals surface area (Å²) in [4.78, 5) is 10.6. The summed E-state index contributed by atoms with van der Waals surface area (Å²) >= 11 is 0. The molecule has 1 aliphatic carbocycles. The Morgan fingerprint density at radius 3 is 2.29 bits per heavy atom.